The van der Waals surface area contributed by atoms with Gasteiger partial charge in [-0.2, -0.15) is 12.2 Å². The smallest absolute Gasteiger partial charge is 0.508 e. The summed E-state index contributed by atoms with van der Waals surface area (Å²) in [4.78, 5) is 0. The molecule has 0 saturated heterocycles. The molecular weight excluding hydrogens is 508 g/mol. The van der Waals surface area contributed by atoms with Gasteiger partial charge in [-0.25, -0.2) is 24.3 Å². The molecule has 4 nitrogen and oxygen atoms in total. The quantitative estimate of drug-likeness (QED) is 0.371. The fourth-order valence-electron chi connectivity index (χ4n) is 1.91. The fourth-order valence-corrected chi connectivity index (χ4v) is 2.13. The number of phenolic OH excluding ortho intramolecular Hbond substituents is 2. The summed E-state index contributed by atoms with van der Waals surface area (Å²) in [6.07, 6.45) is 20.0. The molecule has 0 heterocycles. The summed E-state index contributed by atoms with van der Waals surface area (Å²) >= 11 is 8.90. The number of allylic oxidation sites excluding steroid dienone is 8. The molecule has 0 unspecified atom stereocenters. The average molecular weight is 530 g/mol. The van der Waals surface area contributed by atoms with Crippen molar-refractivity contribution in [3.05, 3.63) is 97.1 Å². The first-order valence-electron chi connectivity index (χ1n) is 8.88. The van der Waals surface area contributed by atoms with Crippen molar-refractivity contribution in [2.75, 3.05) is 0 Å². The maximum absolute atomic E-state index is 8.91. The predicted octanol–water partition coefficient (Wildman–Crippen LogP) is 6.07. The van der Waals surface area contributed by atoms with Gasteiger partial charge in [0.1, 0.15) is 23.0 Å². The Bertz CT molecular complexity index is 799. The van der Waals surface area contributed by atoms with Gasteiger partial charge in [0.25, 0.3) is 0 Å². The molecular formula is C24H22O4S2Zr. The molecule has 0 spiro atoms. The Balaban J connectivity index is 0.000000401. The Morgan fingerprint density at radius 3 is 1.39 bits per heavy atom. The van der Waals surface area contributed by atoms with Crippen molar-refractivity contribution < 1.29 is 45.9 Å². The molecule has 0 bridgehead atoms. The molecule has 31 heavy (non-hydrogen) atoms. The standard InChI is InChI=1S/2C7H6O2S.2C5H5.Zr/c2*8-6-2-1-3-7(4-6)9-5-10;2*1-2-4-5-3-1;/h2*1-5,8H;2*1-3H,4H2;/q;;2*-1;+2. The van der Waals surface area contributed by atoms with E-state index in [4.69, 9.17) is 19.7 Å². The van der Waals surface area contributed by atoms with Crippen molar-refractivity contribution in [2.24, 2.45) is 0 Å². The molecule has 2 aliphatic rings. The zero-order chi connectivity index (χ0) is 21.9. The van der Waals surface area contributed by atoms with Gasteiger partial charge in [0, 0.05) is 12.1 Å². The summed E-state index contributed by atoms with van der Waals surface area (Å²) in [7, 11) is 0. The van der Waals surface area contributed by atoms with Crippen LogP contribution in [0.5, 0.6) is 23.0 Å². The fraction of sp³-hybridized carbons (Fsp3) is 0.0833. The van der Waals surface area contributed by atoms with Crippen molar-refractivity contribution in [2.45, 2.75) is 12.8 Å². The van der Waals surface area contributed by atoms with Crippen molar-refractivity contribution in [3.8, 4) is 23.0 Å². The van der Waals surface area contributed by atoms with Crippen LogP contribution in [0.4, 0.5) is 0 Å². The van der Waals surface area contributed by atoms with Crippen LogP contribution in [0.25, 0.3) is 0 Å². The molecule has 0 atom stereocenters. The Morgan fingerprint density at radius 1 is 0.742 bits per heavy atom. The Morgan fingerprint density at radius 2 is 1.16 bits per heavy atom. The first-order valence-corrected chi connectivity index (χ1v) is 9.82. The van der Waals surface area contributed by atoms with E-state index in [0.29, 0.717) is 11.5 Å². The van der Waals surface area contributed by atoms with Crippen LogP contribution >= 0.6 is 24.4 Å². The van der Waals surface area contributed by atoms with Crippen LogP contribution in [0.2, 0.25) is 0 Å². The van der Waals surface area contributed by atoms with Gasteiger partial charge in [-0.15, -0.1) is 12.8 Å². The van der Waals surface area contributed by atoms with Crippen LogP contribution in [0.15, 0.2) is 85.0 Å². The number of thiocarbonyl (C=S) groups is 2. The molecule has 0 saturated carbocycles. The second kappa shape index (κ2) is 19.6. The molecule has 0 aliphatic heterocycles. The van der Waals surface area contributed by atoms with E-state index in [1.54, 1.807) is 36.4 Å². The minimum Gasteiger partial charge on any atom is -0.508 e. The van der Waals surface area contributed by atoms with Crippen LogP contribution in [0.3, 0.4) is 0 Å². The number of hydrogen-bond donors (Lipinski definition) is 2. The maximum Gasteiger partial charge on any atom is 2.00 e. The summed E-state index contributed by atoms with van der Waals surface area (Å²) in [6, 6.07) is 12.9. The van der Waals surface area contributed by atoms with Gasteiger partial charge in [-0.05, 0) is 48.7 Å². The largest absolute Gasteiger partial charge is 2.00 e. The Kier molecular flexibility index (Phi) is 18.1. The molecule has 2 aromatic rings. The third kappa shape index (κ3) is 16.1. The summed E-state index contributed by atoms with van der Waals surface area (Å²) in [6.45, 7) is 0. The van der Waals surface area contributed by atoms with Gasteiger partial charge < -0.3 is 19.7 Å². The minimum absolute atomic E-state index is 0. The van der Waals surface area contributed by atoms with Gasteiger partial charge in [0.05, 0.1) is 0 Å². The first-order chi connectivity index (χ1) is 14.7. The second-order valence-electron chi connectivity index (χ2n) is 5.43. The molecule has 7 heteroatoms. The van der Waals surface area contributed by atoms with E-state index in [9.17, 15) is 0 Å². The SMILES string of the molecule is Oc1cccc(OC=S)c1.Oc1cccc(OC=S)c1.[C-]1=CC=CC1.[C-]1=CC=CC1.[Zr+2]. The molecule has 2 aliphatic carbocycles. The molecule has 0 aromatic heterocycles. The predicted molar refractivity (Wildman–Crippen MR) is 128 cm³/mol. The zero-order valence-corrected chi connectivity index (χ0v) is 20.8. The summed E-state index contributed by atoms with van der Waals surface area (Å²) < 4.78 is 9.63. The van der Waals surface area contributed by atoms with E-state index in [1.807, 2.05) is 24.3 Å². The molecule has 2 aromatic carbocycles. The first kappa shape index (κ1) is 28.7. The van der Waals surface area contributed by atoms with Crippen molar-refractivity contribution >= 4 is 35.5 Å². The van der Waals surface area contributed by atoms with E-state index in [0.717, 1.165) is 23.9 Å². The van der Waals surface area contributed by atoms with Gasteiger partial charge in [-0.3, -0.25) is 12.2 Å². The number of rotatable bonds is 4. The van der Waals surface area contributed by atoms with Gasteiger partial charge in [-0.1, -0.05) is 12.1 Å². The number of hydrogen-bond acceptors (Lipinski definition) is 6. The zero-order valence-electron chi connectivity index (χ0n) is 16.7. The van der Waals surface area contributed by atoms with Crippen molar-refractivity contribution in [1.29, 1.82) is 0 Å². The number of benzene rings is 2. The molecule has 2 N–H and O–H groups in total. The summed E-state index contributed by atoms with van der Waals surface area (Å²) in [5, 5.41) is 17.8. The van der Waals surface area contributed by atoms with Crippen molar-refractivity contribution in [3.63, 3.8) is 0 Å². The molecule has 0 radical (unpaired) electrons. The topological polar surface area (TPSA) is 58.9 Å². The molecule has 4 rings (SSSR count). The number of aromatic hydroxyl groups is 2. The summed E-state index contributed by atoms with van der Waals surface area (Å²) in [5.74, 6) is 1.45. The molecule has 0 amide bonds. The van der Waals surface area contributed by atoms with Gasteiger partial charge in [0.15, 0.2) is 11.1 Å². The average Bonchev–Trinajstić information content (AvgIpc) is 3.48. The Hall–Kier alpha value is -2.34. The van der Waals surface area contributed by atoms with Crippen LogP contribution in [0.1, 0.15) is 12.8 Å². The molecule has 158 valence electrons. The van der Waals surface area contributed by atoms with E-state index in [-0.39, 0.29) is 37.7 Å². The molecule has 0 fully saturated rings. The van der Waals surface area contributed by atoms with Gasteiger partial charge in [0.2, 0.25) is 0 Å². The van der Waals surface area contributed by atoms with E-state index in [2.05, 4.69) is 48.7 Å². The van der Waals surface area contributed by atoms with Crippen LogP contribution in [0, 0.1) is 12.2 Å². The van der Waals surface area contributed by atoms with E-state index in [1.165, 1.54) is 12.1 Å². The van der Waals surface area contributed by atoms with E-state index < -0.39 is 0 Å². The van der Waals surface area contributed by atoms with Gasteiger partial charge >= 0.3 is 26.2 Å². The van der Waals surface area contributed by atoms with Crippen molar-refractivity contribution in [1.82, 2.24) is 0 Å². The number of phenols is 2. The van der Waals surface area contributed by atoms with E-state index >= 15 is 0 Å². The third-order valence-electron chi connectivity index (χ3n) is 3.18. The minimum atomic E-state index is 0. The summed E-state index contributed by atoms with van der Waals surface area (Å²) in [5.41, 5.74) is 2.30. The van der Waals surface area contributed by atoms with Crippen LogP contribution in [-0.4, -0.2) is 21.3 Å². The second-order valence-corrected chi connectivity index (χ2v) is 5.81. The number of ether oxygens (including phenoxy) is 2. The Labute approximate surface area is 213 Å². The third-order valence-corrected chi connectivity index (χ3v) is 3.37. The van der Waals surface area contributed by atoms with Crippen LogP contribution < -0.4 is 9.47 Å². The van der Waals surface area contributed by atoms with Crippen LogP contribution in [-0.2, 0) is 26.2 Å². The normalized spacial score (nSPS) is 11.4. The monoisotopic (exact) mass is 528 g/mol. The maximum atomic E-state index is 8.91.